The molecule has 0 atom stereocenters. The van der Waals surface area contributed by atoms with Crippen molar-refractivity contribution >= 4 is 32.7 Å². The molecule has 0 aliphatic carbocycles. The summed E-state index contributed by atoms with van der Waals surface area (Å²) in [5, 5.41) is 0.758. The van der Waals surface area contributed by atoms with Crippen LogP contribution in [-0.4, -0.2) is 13.4 Å². The van der Waals surface area contributed by atoms with Crippen LogP contribution in [0.1, 0.15) is 20.3 Å². The molecule has 0 amide bonds. The molecule has 0 aliphatic rings. The first-order chi connectivity index (χ1) is 8.92. The van der Waals surface area contributed by atoms with Gasteiger partial charge in [0.05, 0.1) is 6.54 Å². The number of hydrogen-bond donors (Lipinski definition) is 2. The molecular formula is C11H15N3O2S3. The predicted octanol–water partition coefficient (Wildman–Crippen LogP) is 1.76. The molecule has 2 aromatic rings. The summed E-state index contributed by atoms with van der Waals surface area (Å²) in [7, 11) is -3.48. The Labute approximate surface area is 120 Å². The summed E-state index contributed by atoms with van der Waals surface area (Å²) in [5.74, 6) is 0. The Morgan fingerprint density at radius 1 is 1.37 bits per heavy atom. The highest BCUT2D eigenvalue weighted by molar-refractivity contribution is 7.91. The van der Waals surface area contributed by atoms with Gasteiger partial charge in [-0.1, -0.05) is 0 Å². The first-order valence-corrected chi connectivity index (χ1v) is 8.74. The molecule has 2 aromatic heterocycles. The Balaban J connectivity index is 2.13. The van der Waals surface area contributed by atoms with Gasteiger partial charge in [0.1, 0.15) is 9.22 Å². The van der Waals surface area contributed by atoms with E-state index in [9.17, 15) is 8.42 Å². The SMILES string of the molecule is Cc1cnc(CNS(=O)(=O)c2cc(C)c(CN)s2)s1. The maximum absolute atomic E-state index is 12.1. The number of thiazole rings is 1. The van der Waals surface area contributed by atoms with Crippen LogP contribution in [0, 0.1) is 13.8 Å². The molecule has 0 spiro atoms. The maximum Gasteiger partial charge on any atom is 0.250 e. The van der Waals surface area contributed by atoms with E-state index in [1.165, 1.54) is 22.7 Å². The Morgan fingerprint density at radius 2 is 2.11 bits per heavy atom. The molecule has 0 aliphatic heterocycles. The molecule has 2 rings (SSSR count). The summed E-state index contributed by atoms with van der Waals surface area (Å²) in [5.41, 5.74) is 6.48. The molecule has 0 saturated heterocycles. The lowest BCUT2D eigenvalue weighted by molar-refractivity contribution is 0.583. The number of aryl methyl sites for hydroxylation is 2. The number of hydrogen-bond acceptors (Lipinski definition) is 6. The van der Waals surface area contributed by atoms with Crippen LogP contribution in [0.5, 0.6) is 0 Å². The van der Waals surface area contributed by atoms with E-state index in [0.29, 0.717) is 10.8 Å². The quantitative estimate of drug-likeness (QED) is 0.880. The fourth-order valence-electron chi connectivity index (χ4n) is 1.53. The third-order valence-corrected chi connectivity index (χ3v) is 6.58. The summed E-state index contributed by atoms with van der Waals surface area (Å²) < 4.78 is 27.1. The maximum atomic E-state index is 12.1. The lowest BCUT2D eigenvalue weighted by Crippen LogP contribution is -2.22. The molecule has 0 saturated carbocycles. The summed E-state index contributed by atoms with van der Waals surface area (Å²) in [6.45, 7) is 4.38. The molecular weight excluding hydrogens is 302 g/mol. The van der Waals surface area contributed by atoms with Gasteiger partial charge in [0.15, 0.2) is 0 Å². The zero-order valence-corrected chi connectivity index (χ0v) is 13.1. The van der Waals surface area contributed by atoms with Crippen molar-refractivity contribution in [1.82, 2.24) is 9.71 Å². The van der Waals surface area contributed by atoms with Crippen LogP contribution in [0.2, 0.25) is 0 Å². The highest BCUT2D eigenvalue weighted by Gasteiger charge is 2.18. The molecule has 0 unspecified atom stereocenters. The fraction of sp³-hybridized carbons (Fsp3) is 0.364. The van der Waals surface area contributed by atoms with Gasteiger partial charge >= 0.3 is 0 Å². The van der Waals surface area contributed by atoms with Crippen molar-refractivity contribution in [3.05, 3.63) is 32.6 Å². The summed E-state index contributed by atoms with van der Waals surface area (Å²) >= 11 is 2.70. The molecule has 5 nitrogen and oxygen atoms in total. The van der Waals surface area contributed by atoms with Crippen molar-refractivity contribution in [2.24, 2.45) is 5.73 Å². The molecule has 104 valence electrons. The monoisotopic (exact) mass is 317 g/mol. The minimum Gasteiger partial charge on any atom is -0.326 e. The Morgan fingerprint density at radius 3 is 2.63 bits per heavy atom. The summed E-state index contributed by atoms with van der Waals surface area (Å²) in [6.07, 6.45) is 1.73. The second kappa shape index (κ2) is 5.68. The van der Waals surface area contributed by atoms with Crippen LogP contribution in [0.25, 0.3) is 0 Å². The second-order valence-electron chi connectivity index (χ2n) is 4.06. The normalized spacial score (nSPS) is 11.9. The molecule has 19 heavy (non-hydrogen) atoms. The number of thiophene rings is 1. The standard InChI is InChI=1S/C11H15N3O2S3/c1-7-3-11(18-9(7)4-12)19(15,16)14-6-10-13-5-8(2)17-10/h3,5,14H,4,6,12H2,1-2H3. The van der Waals surface area contributed by atoms with Crippen LogP contribution < -0.4 is 10.5 Å². The predicted molar refractivity (Wildman–Crippen MR) is 77.8 cm³/mol. The van der Waals surface area contributed by atoms with Gasteiger partial charge in [-0.2, -0.15) is 0 Å². The highest BCUT2D eigenvalue weighted by Crippen LogP contribution is 2.25. The number of nitrogens with one attached hydrogen (secondary N) is 1. The summed E-state index contributed by atoms with van der Waals surface area (Å²) in [6, 6.07) is 1.66. The van der Waals surface area contributed by atoms with Crippen molar-refractivity contribution < 1.29 is 8.42 Å². The van der Waals surface area contributed by atoms with E-state index in [2.05, 4.69) is 9.71 Å². The average Bonchev–Trinajstić information content (AvgIpc) is 2.93. The Hall–Kier alpha value is -0.800. The zero-order chi connectivity index (χ0) is 14.0. The van der Waals surface area contributed by atoms with Gasteiger partial charge in [0.2, 0.25) is 10.0 Å². The van der Waals surface area contributed by atoms with E-state index in [-0.39, 0.29) is 6.54 Å². The van der Waals surface area contributed by atoms with E-state index >= 15 is 0 Å². The zero-order valence-electron chi connectivity index (χ0n) is 10.6. The lowest BCUT2D eigenvalue weighted by Gasteiger charge is -2.01. The fourth-order valence-corrected chi connectivity index (χ4v) is 4.85. The third-order valence-electron chi connectivity index (χ3n) is 2.53. The Kier molecular flexibility index (Phi) is 4.36. The minimum atomic E-state index is -3.48. The third kappa shape index (κ3) is 3.40. The van der Waals surface area contributed by atoms with Crippen molar-refractivity contribution in [3.63, 3.8) is 0 Å². The van der Waals surface area contributed by atoms with Crippen LogP contribution in [0.4, 0.5) is 0 Å². The Bertz CT molecular complexity index is 673. The smallest absolute Gasteiger partial charge is 0.250 e. The van der Waals surface area contributed by atoms with Gasteiger partial charge in [-0.05, 0) is 25.5 Å². The lowest BCUT2D eigenvalue weighted by atomic mass is 10.3. The van der Waals surface area contributed by atoms with Crippen molar-refractivity contribution in [3.8, 4) is 0 Å². The van der Waals surface area contributed by atoms with Gasteiger partial charge in [-0.3, -0.25) is 0 Å². The van der Waals surface area contributed by atoms with Crippen LogP contribution >= 0.6 is 22.7 Å². The molecule has 3 N–H and O–H groups in total. The first kappa shape index (κ1) is 14.6. The van der Waals surface area contributed by atoms with Crippen LogP contribution in [-0.2, 0) is 23.1 Å². The van der Waals surface area contributed by atoms with E-state index in [1.807, 2.05) is 13.8 Å². The van der Waals surface area contributed by atoms with Gasteiger partial charge in [0.25, 0.3) is 0 Å². The first-order valence-electron chi connectivity index (χ1n) is 5.62. The van der Waals surface area contributed by atoms with E-state index in [0.717, 1.165) is 20.3 Å². The number of nitrogens with zero attached hydrogens (tertiary/aromatic N) is 1. The van der Waals surface area contributed by atoms with E-state index < -0.39 is 10.0 Å². The molecule has 8 heteroatoms. The molecule has 0 radical (unpaired) electrons. The van der Waals surface area contributed by atoms with E-state index in [4.69, 9.17) is 5.73 Å². The molecule has 2 heterocycles. The van der Waals surface area contributed by atoms with Crippen molar-refractivity contribution in [1.29, 1.82) is 0 Å². The average molecular weight is 317 g/mol. The van der Waals surface area contributed by atoms with Crippen LogP contribution in [0.3, 0.4) is 0 Å². The van der Waals surface area contributed by atoms with Crippen molar-refractivity contribution in [2.45, 2.75) is 31.1 Å². The molecule has 0 bridgehead atoms. The van der Waals surface area contributed by atoms with Crippen LogP contribution in [0.15, 0.2) is 16.5 Å². The summed E-state index contributed by atoms with van der Waals surface area (Å²) in [4.78, 5) is 6.08. The topological polar surface area (TPSA) is 85.1 Å². The largest absolute Gasteiger partial charge is 0.326 e. The molecule has 0 fully saturated rings. The highest BCUT2D eigenvalue weighted by atomic mass is 32.2. The van der Waals surface area contributed by atoms with Gasteiger partial charge < -0.3 is 5.73 Å². The number of rotatable bonds is 5. The van der Waals surface area contributed by atoms with Gasteiger partial charge in [-0.25, -0.2) is 18.1 Å². The van der Waals surface area contributed by atoms with Crippen molar-refractivity contribution in [2.75, 3.05) is 0 Å². The number of nitrogens with two attached hydrogens (primary N) is 1. The van der Waals surface area contributed by atoms with Gasteiger partial charge in [0, 0.05) is 22.5 Å². The van der Waals surface area contributed by atoms with Gasteiger partial charge in [-0.15, -0.1) is 22.7 Å². The number of aromatic nitrogens is 1. The van der Waals surface area contributed by atoms with E-state index in [1.54, 1.807) is 12.3 Å². The number of sulfonamides is 1. The molecule has 0 aromatic carbocycles. The minimum absolute atomic E-state index is 0.218. The second-order valence-corrected chi connectivity index (χ2v) is 8.51.